The normalized spacial score (nSPS) is 10.2. The zero-order chi connectivity index (χ0) is 13.8. The predicted molar refractivity (Wildman–Crippen MR) is 74.9 cm³/mol. The Labute approximate surface area is 118 Å². The summed E-state index contributed by atoms with van der Waals surface area (Å²) in [7, 11) is 0. The molecule has 0 amide bonds. The van der Waals surface area contributed by atoms with E-state index < -0.39 is 4.92 Å². The largest absolute Gasteiger partial charge is 0.365 e. The number of nitro groups is 1. The number of anilines is 1. The zero-order valence-corrected chi connectivity index (χ0v) is 11.7. The fourth-order valence-electron chi connectivity index (χ4n) is 1.56. The molecule has 0 spiro atoms. The van der Waals surface area contributed by atoms with Gasteiger partial charge >= 0.3 is 0 Å². The Bertz CT molecular complexity index is 604. The first-order valence-corrected chi connectivity index (χ1v) is 6.31. The third kappa shape index (κ3) is 3.05. The Kier molecular flexibility index (Phi) is 4.06. The molecule has 0 aliphatic rings. The highest BCUT2D eigenvalue weighted by molar-refractivity contribution is 9.10. The molecule has 0 aromatic carbocycles. The molecule has 7 heteroatoms. The Morgan fingerprint density at radius 1 is 1.42 bits per heavy atom. The zero-order valence-electron chi connectivity index (χ0n) is 10.1. The third-order valence-corrected chi connectivity index (χ3v) is 3.61. The number of halogens is 1. The average molecular weight is 323 g/mol. The van der Waals surface area contributed by atoms with Crippen LogP contribution in [0.25, 0.3) is 0 Å². The number of hydrogen-bond donors (Lipinski definition) is 1. The number of pyridine rings is 2. The Balaban J connectivity index is 2.18. The van der Waals surface area contributed by atoms with Crippen molar-refractivity contribution >= 4 is 27.4 Å². The molecule has 0 fully saturated rings. The van der Waals surface area contributed by atoms with E-state index in [0.717, 1.165) is 5.56 Å². The van der Waals surface area contributed by atoms with Crippen LogP contribution in [0.2, 0.25) is 0 Å². The van der Waals surface area contributed by atoms with Gasteiger partial charge in [0, 0.05) is 24.5 Å². The van der Waals surface area contributed by atoms with Crippen molar-refractivity contribution in [2.24, 2.45) is 0 Å². The van der Waals surface area contributed by atoms with Gasteiger partial charge in [0.15, 0.2) is 0 Å². The third-order valence-electron chi connectivity index (χ3n) is 2.64. The van der Waals surface area contributed by atoms with Crippen LogP contribution in [-0.4, -0.2) is 14.9 Å². The van der Waals surface area contributed by atoms with Crippen LogP contribution in [0, 0.1) is 17.0 Å². The van der Waals surface area contributed by atoms with E-state index in [4.69, 9.17) is 0 Å². The second kappa shape index (κ2) is 5.75. The fraction of sp³-hybridized carbons (Fsp3) is 0.167. The molecule has 0 unspecified atom stereocenters. The van der Waals surface area contributed by atoms with E-state index >= 15 is 0 Å². The highest BCUT2D eigenvalue weighted by Gasteiger charge is 2.16. The lowest BCUT2D eigenvalue weighted by molar-refractivity contribution is -0.385. The standard InChI is InChI=1S/C12H11BrN4O2/c1-8-10(17(18)19)7-16-12(11(8)13)15-6-9-2-4-14-5-3-9/h2-5,7H,6H2,1H3,(H,15,16). The molecular formula is C12H11BrN4O2. The smallest absolute Gasteiger partial charge is 0.291 e. The van der Waals surface area contributed by atoms with Crippen LogP contribution < -0.4 is 5.32 Å². The second-order valence-electron chi connectivity index (χ2n) is 3.90. The fourth-order valence-corrected chi connectivity index (χ4v) is 2.01. The molecule has 0 radical (unpaired) electrons. The highest BCUT2D eigenvalue weighted by Crippen LogP contribution is 2.30. The maximum absolute atomic E-state index is 10.8. The van der Waals surface area contributed by atoms with Crippen LogP contribution in [0.4, 0.5) is 11.5 Å². The van der Waals surface area contributed by atoms with Gasteiger partial charge in [-0.1, -0.05) is 0 Å². The van der Waals surface area contributed by atoms with Crippen LogP contribution in [0.5, 0.6) is 0 Å². The van der Waals surface area contributed by atoms with Gasteiger partial charge in [-0.25, -0.2) is 4.98 Å². The molecule has 0 aliphatic heterocycles. The Hall–Kier alpha value is -2.02. The molecule has 0 atom stereocenters. The summed E-state index contributed by atoms with van der Waals surface area (Å²) in [6.45, 7) is 2.26. The van der Waals surface area contributed by atoms with E-state index in [1.165, 1.54) is 6.20 Å². The highest BCUT2D eigenvalue weighted by atomic mass is 79.9. The van der Waals surface area contributed by atoms with Crippen molar-refractivity contribution in [3.05, 3.63) is 56.4 Å². The minimum atomic E-state index is -0.445. The van der Waals surface area contributed by atoms with Crippen molar-refractivity contribution in [2.75, 3.05) is 5.32 Å². The number of aromatic nitrogens is 2. The molecule has 2 aromatic heterocycles. The van der Waals surface area contributed by atoms with Crippen molar-refractivity contribution in [3.63, 3.8) is 0 Å². The van der Waals surface area contributed by atoms with Gasteiger partial charge in [0.25, 0.3) is 5.69 Å². The van der Waals surface area contributed by atoms with Gasteiger partial charge in [0.2, 0.25) is 0 Å². The summed E-state index contributed by atoms with van der Waals surface area (Å²) in [6, 6.07) is 3.78. The molecule has 0 saturated heterocycles. The minimum absolute atomic E-state index is 0.00124. The van der Waals surface area contributed by atoms with Gasteiger partial charge in [-0.15, -0.1) is 0 Å². The number of nitrogens with one attached hydrogen (secondary N) is 1. The van der Waals surface area contributed by atoms with Gasteiger partial charge in [-0.2, -0.15) is 0 Å². The summed E-state index contributed by atoms with van der Waals surface area (Å²) in [5.74, 6) is 0.583. The first-order chi connectivity index (χ1) is 9.09. The number of nitrogens with zero attached hydrogens (tertiary/aromatic N) is 3. The van der Waals surface area contributed by atoms with Crippen molar-refractivity contribution in [2.45, 2.75) is 13.5 Å². The average Bonchev–Trinajstić information content (AvgIpc) is 2.41. The summed E-state index contributed by atoms with van der Waals surface area (Å²) in [6.07, 6.45) is 4.68. The monoisotopic (exact) mass is 322 g/mol. The van der Waals surface area contributed by atoms with Crippen LogP contribution in [-0.2, 0) is 6.54 Å². The maximum atomic E-state index is 10.8. The van der Waals surface area contributed by atoms with Crippen molar-refractivity contribution in [1.29, 1.82) is 0 Å². The van der Waals surface area contributed by atoms with Crippen molar-refractivity contribution < 1.29 is 4.92 Å². The maximum Gasteiger partial charge on any atom is 0.291 e. The summed E-state index contributed by atoms with van der Waals surface area (Å²) < 4.78 is 0.607. The lowest BCUT2D eigenvalue weighted by Crippen LogP contribution is -2.04. The van der Waals surface area contributed by atoms with Crippen LogP contribution >= 0.6 is 15.9 Å². The second-order valence-corrected chi connectivity index (χ2v) is 4.69. The molecule has 19 heavy (non-hydrogen) atoms. The first-order valence-electron chi connectivity index (χ1n) is 5.52. The Morgan fingerprint density at radius 2 is 2.11 bits per heavy atom. The van der Waals surface area contributed by atoms with Crippen LogP contribution in [0.1, 0.15) is 11.1 Å². The lowest BCUT2D eigenvalue weighted by atomic mass is 10.2. The molecule has 98 valence electrons. The molecule has 2 rings (SSSR count). The predicted octanol–water partition coefficient (Wildman–Crippen LogP) is 3.07. The van der Waals surface area contributed by atoms with E-state index in [-0.39, 0.29) is 5.69 Å². The summed E-state index contributed by atoms with van der Waals surface area (Å²) in [4.78, 5) is 18.3. The van der Waals surface area contributed by atoms with Gasteiger partial charge in [-0.05, 0) is 40.5 Å². The molecule has 0 aliphatic carbocycles. The van der Waals surface area contributed by atoms with Gasteiger partial charge in [-0.3, -0.25) is 15.1 Å². The molecule has 1 N–H and O–H groups in total. The van der Waals surface area contributed by atoms with Crippen LogP contribution in [0.3, 0.4) is 0 Å². The van der Waals surface area contributed by atoms with Gasteiger partial charge < -0.3 is 5.32 Å². The number of rotatable bonds is 4. The summed E-state index contributed by atoms with van der Waals surface area (Å²) in [5.41, 5.74) is 1.61. The van der Waals surface area contributed by atoms with E-state index in [1.807, 2.05) is 12.1 Å². The summed E-state index contributed by atoms with van der Waals surface area (Å²) >= 11 is 3.33. The van der Waals surface area contributed by atoms with E-state index in [2.05, 4.69) is 31.2 Å². The molecule has 0 bridgehead atoms. The van der Waals surface area contributed by atoms with E-state index in [0.29, 0.717) is 22.4 Å². The number of hydrogen-bond acceptors (Lipinski definition) is 5. The van der Waals surface area contributed by atoms with Crippen molar-refractivity contribution in [1.82, 2.24) is 9.97 Å². The van der Waals surface area contributed by atoms with Gasteiger partial charge in [0.05, 0.1) is 9.40 Å². The van der Waals surface area contributed by atoms with Crippen LogP contribution in [0.15, 0.2) is 35.2 Å². The molecular weight excluding hydrogens is 312 g/mol. The van der Waals surface area contributed by atoms with E-state index in [1.54, 1.807) is 19.3 Å². The quantitative estimate of drug-likeness (QED) is 0.691. The Morgan fingerprint density at radius 3 is 2.74 bits per heavy atom. The first kappa shape index (κ1) is 13.4. The minimum Gasteiger partial charge on any atom is -0.365 e. The van der Waals surface area contributed by atoms with Crippen molar-refractivity contribution in [3.8, 4) is 0 Å². The molecule has 2 aromatic rings. The molecule has 2 heterocycles. The lowest BCUT2D eigenvalue weighted by Gasteiger charge is -2.09. The molecule has 0 saturated carbocycles. The summed E-state index contributed by atoms with van der Waals surface area (Å²) in [5, 5.41) is 13.9. The SMILES string of the molecule is Cc1c([N+](=O)[O-])cnc(NCc2ccncc2)c1Br. The van der Waals surface area contributed by atoms with Gasteiger partial charge in [0.1, 0.15) is 12.0 Å². The molecule has 6 nitrogen and oxygen atoms in total. The topological polar surface area (TPSA) is 81.0 Å². The van der Waals surface area contributed by atoms with E-state index in [9.17, 15) is 10.1 Å².